The molecule has 3 heteroatoms. The monoisotopic (exact) mass is 279 g/mol. The van der Waals surface area contributed by atoms with E-state index in [1.165, 1.54) is 5.56 Å². The minimum absolute atomic E-state index is 0.0891. The lowest BCUT2D eigenvalue weighted by Gasteiger charge is -2.28. The van der Waals surface area contributed by atoms with Crippen LogP contribution in [0.4, 0.5) is 0 Å². The Morgan fingerprint density at radius 3 is 2.25 bits per heavy atom. The molecular weight excluding hydrogens is 250 g/mol. The zero-order chi connectivity index (χ0) is 15.0. The van der Waals surface area contributed by atoms with Gasteiger partial charge in [0.2, 0.25) is 0 Å². The van der Waals surface area contributed by atoms with Crippen LogP contribution in [0.2, 0.25) is 0 Å². The topological polar surface area (TPSA) is 30.5 Å². The molecule has 114 valence electrons. The van der Waals surface area contributed by atoms with Gasteiger partial charge in [-0.15, -0.1) is 0 Å². The number of hydrogen-bond donors (Lipinski definition) is 1. The largest absolute Gasteiger partial charge is 0.382 e. The van der Waals surface area contributed by atoms with Gasteiger partial charge in [0, 0.05) is 26.8 Å². The van der Waals surface area contributed by atoms with Crippen molar-refractivity contribution in [1.29, 1.82) is 0 Å². The summed E-state index contributed by atoms with van der Waals surface area (Å²) in [4.78, 5) is 0. The van der Waals surface area contributed by atoms with Gasteiger partial charge in [0.1, 0.15) is 0 Å². The van der Waals surface area contributed by atoms with E-state index in [2.05, 4.69) is 56.4 Å². The van der Waals surface area contributed by atoms with Crippen LogP contribution in [0, 0.1) is 5.41 Å². The number of hydrogen-bond acceptors (Lipinski definition) is 3. The minimum Gasteiger partial charge on any atom is -0.382 e. The molecule has 1 aromatic carbocycles. The summed E-state index contributed by atoms with van der Waals surface area (Å²) in [7, 11) is 3.43. The zero-order valence-electron chi connectivity index (χ0n) is 13.5. The van der Waals surface area contributed by atoms with Crippen molar-refractivity contribution in [2.24, 2.45) is 5.41 Å². The molecule has 0 aliphatic rings. The second-order valence-corrected chi connectivity index (χ2v) is 6.45. The first-order valence-electron chi connectivity index (χ1n) is 7.26. The van der Waals surface area contributed by atoms with Crippen LogP contribution in [0.5, 0.6) is 0 Å². The Labute approximate surface area is 123 Å². The lowest BCUT2D eigenvalue weighted by molar-refractivity contribution is 0.0265. The molecule has 0 heterocycles. The number of nitrogens with one attached hydrogen (secondary N) is 1. The van der Waals surface area contributed by atoms with Crippen LogP contribution in [-0.4, -0.2) is 33.5 Å². The summed E-state index contributed by atoms with van der Waals surface area (Å²) in [6.07, 6.45) is 1.17. The molecule has 20 heavy (non-hydrogen) atoms. The summed E-state index contributed by atoms with van der Waals surface area (Å²) < 4.78 is 10.6. The summed E-state index contributed by atoms with van der Waals surface area (Å²) in [5, 5.41) is 3.62. The molecule has 2 atom stereocenters. The van der Waals surface area contributed by atoms with E-state index in [-0.39, 0.29) is 11.5 Å². The van der Waals surface area contributed by atoms with E-state index in [4.69, 9.17) is 9.47 Å². The van der Waals surface area contributed by atoms with E-state index < -0.39 is 0 Å². The van der Waals surface area contributed by atoms with Crippen LogP contribution < -0.4 is 5.32 Å². The van der Waals surface area contributed by atoms with Crippen LogP contribution in [0.1, 0.15) is 38.8 Å². The van der Waals surface area contributed by atoms with Crippen LogP contribution >= 0.6 is 0 Å². The van der Waals surface area contributed by atoms with E-state index >= 15 is 0 Å². The van der Waals surface area contributed by atoms with E-state index in [1.54, 1.807) is 14.2 Å². The molecular formula is C17H29NO2. The smallest absolute Gasteiger partial charge is 0.0928 e. The average Bonchev–Trinajstić information content (AvgIpc) is 2.41. The molecule has 0 spiro atoms. The van der Waals surface area contributed by atoms with Gasteiger partial charge in [-0.05, 0) is 17.4 Å². The highest BCUT2D eigenvalue weighted by atomic mass is 16.5. The van der Waals surface area contributed by atoms with Gasteiger partial charge in [-0.2, -0.15) is 0 Å². The van der Waals surface area contributed by atoms with Gasteiger partial charge in [-0.1, -0.05) is 51.1 Å². The molecule has 1 rings (SSSR count). The highest BCUT2D eigenvalue weighted by Gasteiger charge is 2.21. The first-order chi connectivity index (χ1) is 9.46. The fraction of sp³-hybridized carbons (Fsp3) is 0.647. The molecule has 3 nitrogen and oxygen atoms in total. The fourth-order valence-corrected chi connectivity index (χ4v) is 2.28. The molecule has 0 radical (unpaired) electrons. The molecule has 0 aromatic heterocycles. The van der Waals surface area contributed by atoms with Crippen LogP contribution in [-0.2, 0) is 9.47 Å². The number of ether oxygens (including phenoxy) is 2. The van der Waals surface area contributed by atoms with E-state index in [9.17, 15) is 0 Å². The predicted molar refractivity (Wildman–Crippen MR) is 83.9 cm³/mol. The van der Waals surface area contributed by atoms with Gasteiger partial charge < -0.3 is 14.8 Å². The SMILES string of the molecule is COCC(CNC(CC(C)(C)C)c1ccccc1)OC. The molecule has 0 saturated heterocycles. The van der Waals surface area contributed by atoms with Gasteiger partial charge in [-0.25, -0.2) is 0 Å². The summed E-state index contributed by atoms with van der Waals surface area (Å²) in [6, 6.07) is 10.9. The zero-order valence-corrected chi connectivity index (χ0v) is 13.5. The Balaban J connectivity index is 2.68. The van der Waals surface area contributed by atoms with Crippen molar-refractivity contribution in [3.63, 3.8) is 0 Å². The number of rotatable bonds is 8. The van der Waals surface area contributed by atoms with E-state index in [0.29, 0.717) is 12.6 Å². The third kappa shape index (κ3) is 6.51. The lowest BCUT2D eigenvalue weighted by atomic mass is 9.85. The molecule has 0 aliphatic carbocycles. The Kier molecular flexibility index (Phi) is 7.20. The Bertz CT molecular complexity index is 359. The van der Waals surface area contributed by atoms with Gasteiger partial charge in [0.15, 0.2) is 0 Å². The minimum atomic E-state index is 0.0891. The maximum absolute atomic E-state index is 5.42. The van der Waals surface area contributed by atoms with Crippen molar-refractivity contribution in [3.05, 3.63) is 35.9 Å². The molecule has 0 fully saturated rings. The maximum Gasteiger partial charge on any atom is 0.0928 e. The highest BCUT2D eigenvalue weighted by Crippen LogP contribution is 2.29. The average molecular weight is 279 g/mol. The summed E-state index contributed by atoms with van der Waals surface area (Å²) in [6.45, 7) is 8.22. The third-order valence-electron chi connectivity index (χ3n) is 3.30. The Hall–Kier alpha value is -0.900. The predicted octanol–water partition coefficient (Wildman–Crippen LogP) is 3.41. The summed E-state index contributed by atoms with van der Waals surface area (Å²) in [5.74, 6) is 0. The summed E-state index contributed by atoms with van der Waals surface area (Å²) in [5.41, 5.74) is 1.60. The van der Waals surface area contributed by atoms with Gasteiger partial charge >= 0.3 is 0 Å². The first kappa shape index (κ1) is 17.2. The molecule has 0 saturated carbocycles. The molecule has 1 aromatic rings. The summed E-state index contributed by atoms with van der Waals surface area (Å²) >= 11 is 0. The van der Waals surface area contributed by atoms with E-state index in [0.717, 1.165) is 13.0 Å². The third-order valence-corrected chi connectivity index (χ3v) is 3.30. The number of methoxy groups -OCH3 is 2. The fourth-order valence-electron chi connectivity index (χ4n) is 2.28. The molecule has 0 bridgehead atoms. The van der Waals surface area contributed by atoms with Crippen molar-refractivity contribution in [1.82, 2.24) is 5.32 Å². The van der Waals surface area contributed by atoms with Crippen molar-refractivity contribution in [2.75, 3.05) is 27.4 Å². The van der Waals surface area contributed by atoms with Crippen molar-refractivity contribution in [3.8, 4) is 0 Å². The quantitative estimate of drug-likeness (QED) is 0.791. The maximum atomic E-state index is 5.42. The standard InChI is InChI=1S/C17H29NO2/c1-17(2,3)11-16(14-9-7-6-8-10-14)18-12-15(20-5)13-19-4/h6-10,15-16,18H,11-13H2,1-5H3. The van der Waals surface area contributed by atoms with Crippen molar-refractivity contribution < 1.29 is 9.47 Å². The molecule has 1 N–H and O–H groups in total. The van der Waals surface area contributed by atoms with Gasteiger partial charge in [0.05, 0.1) is 12.7 Å². The highest BCUT2D eigenvalue weighted by molar-refractivity contribution is 5.19. The molecule has 0 amide bonds. The van der Waals surface area contributed by atoms with Crippen LogP contribution in [0.3, 0.4) is 0 Å². The van der Waals surface area contributed by atoms with E-state index in [1.807, 2.05) is 0 Å². The van der Waals surface area contributed by atoms with Crippen LogP contribution in [0.15, 0.2) is 30.3 Å². The second-order valence-electron chi connectivity index (χ2n) is 6.45. The van der Waals surface area contributed by atoms with Gasteiger partial charge in [0.25, 0.3) is 0 Å². The Morgan fingerprint density at radius 1 is 1.10 bits per heavy atom. The lowest BCUT2D eigenvalue weighted by Crippen LogP contribution is -2.35. The van der Waals surface area contributed by atoms with Crippen LogP contribution in [0.25, 0.3) is 0 Å². The normalized spacial score (nSPS) is 15.1. The Morgan fingerprint density at radius 2 is 1.75 bits per heavy atom. The second kappa shape index (κ2) is 8.40. The molecule has 0 aliphatic heterocycles. The molecule has 2 unspecified atom stereocenters. The van der Waals surface area contributed by atoms with Gasteiger partial charge in [-0.3, -0.25) is 0 Å². The van der Waals surface area contributed by atoms with Crippen molar-refractivity contribution >= 4 is 0 Å². The first-order valence-corrected chi connectivity index (χ1v) is 7.26. The number of benzene rings is 1. The van der Waals surface area contributed by atoms with Crippen molar-refractivity contribution in [2.45, 2.75) is 39.3 Å².